The van der Waals surface area contributed by atoms with E-state index < -0.39 is 0 Å². The first-order chi connectivity index (χ1) is 5.20. The predicted octanol–water partition coefficient (Wildman–Crippen LogP) is 1.82. The van der Waals surface area contributed by atoms with Crippen molar-refractivity contribution in [2.45, 2.75) is 26.2 Å². The summed E-state index contributed by atoms with van der Waals surface area (Å²) < 4.78 is 0. The molecule has 0 aromatic heterocycles. The fourth-order valence-corrected chi connectivity index (χ4v) is 0.866. The summed E-state index contributed by atoms with van der Waals surface area (Å²) in [6, 6.07) is 0. The van der Waals surface area contributed by atoms with Crippen LogP contribution in [0.5, 0.6) is 0 Å². The lowest BCUT2D eigenvalue weighted by Crippen LogP contribution is -2.03. The molecule has 0 aromatic carbocycles. The molecule has 0 rings (SSSR count). The summed E-state index contributed by atoms with van der Waals surface area (Å²) in [5, 5.41) is 0. The number of unbranched alkanes of at least 4 members (excludes halogenated alkanes) is 1. The van der Waals surface area contributed by atoms with Crippen LogP contribution in [-0.4, -0.2) is 25.3 Å². The molecule has 0 radical (unpaired) electrons. The van der Waals surface area contributed by atoms with Gasteiger partial charge in [-0.05, 0) is 12.8 Å². The van der Waals surface area contributed by atoms with Crippen molar-refractivity contribution in [1.29, 1.82) is 0 Å². The molecule has 0 aliphatic heterocycles. The van der Waals surface area contributed by atoms with E-state index in [1.54, 1.807) is 0 Å². The monoisotopic (exact) mass is 155 g/mol. The Bertz CT molecular complexity index is 138. The van der Waals surface area contributed by atoms with Crippen molar-refractivity contribution in [3.8, 4) is 0 Å². The molecule has 0 fully saturated rings. The molecule has 11 heavy (non-hydrogen) atoms. The van der Waals surface area contributed by atoms with Crippen LogP contribution in [0.3, 0.4) is 0 Å². The minimum Gasteiger partial charge on any atom is -0.383 e. The van der Waals surface area contributed by atoms with E-state index in [2.05, 4.69) is 6.92 Å². The molecule has 0 saturated heterocycles. The molecule has 0 atom stereocenters. The molecule has 0 saturated carbocycles. The maximum Gasteiger partial charge on any atom is 0.147 e. The van der Waals surface area contributed by atoms with Crippen LogP contribution in [-0.2, 0) is 4.79 Å². The molecule has 2 heteroatoms. The Hall–Kier alpha value is -0.790. The van der Waals surface area contributed by atoms with Crippen LogP contribution in [0, 0.1) is 0 Å². The molecule has 0 aliphatic carbocycles. The standard InChI is InChI=1S/C9H17NO/c1-4-5-6-9(8-11)7-10(2)3/h7-8H,4-6H2,1-3H3/b9-7+. The van der Waals surface area contributed by atoms with Crippen LogP contribution in [0.25, 0.3) is 0 Å². The normalized spacial score (nSPS) is 11.4. The molecular weight excluding hydrogens is 138 g/mol. The lowest BCUT2D eigenvalue weighted by atomic mass is 10.1. The van der Waals surface area contributed by atoms with E-state index in [9.17, 15) is 4.79 Å². The molecule has 0 amide bonds. The van der Waals surface area contributed by atoms with E-state index in [-0.39, 0.29) is 0 Å². The second kappa shape index (κ2) is 5.96. The second-order valence-corrected chi connectivity index (χ2v) is 2.89. The van der Waals surface area contributed by atoms with Crippen LogP contribution < -0.4 is 0 Å². The molecule has 0 aliphatic rings. The van der Waals surface area contributed by atoms with Crippen molar-refractivity contribution in [3.63, 3.8) is 0 Å². The average molecular weight is 155 g/mol. The summed E-state index contributed by atoms with van der Waals surface area (Å²) in [4.78, 5) is 12.4. The molecule has 0 N–H and O–H groups in total. The van der Waals surface area contributed by atoms with E-state index in [0.29, 0.717) is 0 Å². The molecule has 0 heterocycles. The number of carbonyl (C=O) groups is 1. The zero-order valence-electron chi connectivity index (χ0n) is 7.63. The largest absolute Gasteiger partial charge is 0.383 e. The first-order valence-corrected chi connectivity index (χ1v) is 4.03. The molecular formula is C9H17NO. The van der Waals surface area contributed by atoms with Crippen LogP contribution in [0.4, 0.5) is 0 Å². The van der Waals surface area contributed by atoms with E-state index in [0.717, 1.165) is 31.1 Å². The zero-order chi connectivity index (χ0) is 8.69. The van der Waals surface area contributed by atoms with E-state index in [4.69, 9.17) is 0 Å². The third-order valence-electron chi connectivity index (χ3n) is 1.39. The summed E-state index contributed by atoms with van der Waals surface area (Å²) in [5.74, 6) is 0. The number of allylic oxidation sites excluding steroid dienone is 1. The van der Waals surface area contributed by atoms with Crippen molar-refractivity contribution in [2.75, 3.05) is 14.1 Å². The maximum atomic E-state index is 10.5. The highest BCUT2D eigenvalue weighted by molar-refractivity contribution is 5.72. The highest BCUT2D eigenvalue weighted by Crippen LogP contribution is 2.04. The number of hydrogen-bond donors (Lipinski definition) is 0. The van der Waals surface area contributed by atoms with Crippen molar-refractivity contribution >= 4 is 6.29 Å². The number of hydrogen-bond acceptors (Lipinski definition) is 2. The summed E-state index contributed by atoms with van der Waals surface area (Å²) in [7, 11) is 3.85. The Morgan fingerprint density at radius 2 is 2.09 bits per heavy atom. The van der Waals surface area contributed by atoms with Gasteiger partial charge in [0.15, 0.2) is 0 Å². The maximum absolute atomic E-state index is 10.5. The van der Waals surface area contributed by atoms with Gasteiger partial charge in [-0.25, -0.2) is 0 Å². The quantitative estimate of drug-likeness (QED) is 0.446. The van der Waals surface area contributed by atoms with Gasteiger partial charge in [0.25, 0.3) is 0 Å². The van der Waals surface area contributed by atoms with Gasteiger partial charge >= 0.3 is 0 Å². The first kappa shape index (κ1) is 10.2. The van der Waals surface area contributed by atoms with Crippen molar-refractivity contribution in [1.82, 2.24) is 4.90 Å². The number of rotatable bonds is 5. The van der Waals surface area contributed by atoms with E-state index in [1.807, 2.05) is 25.2 Å². The smallest absolute Gasteiger partial charge is 0.147 e. The Balaban J connectivity index is 3.84. The van der Waals surface area contributed by atoms with Gasteiger partial charge in [-0.2, -0.15) is 0 Å². The summed E-state index contributed by atoms with van der Waals surface area (Å²) >= 11 is 0. The number of aldehydes is 1. The first-order valence-electron chi connectivity index (χ1n) is 4.03. The Morgan fingerprint density at radius 1 is 1.45 bits per heavy atom. The summed E-state index contributed by atoms with van der Waals surface area (Å²) in [6.45, 7) is 2.12. The van der Waals surface area contributed by atoms with Gasteiger partial charge in [0, 0.05) is 25.9 Å². The van der Waals surface area contributed by atoms with Gasteiger partial charge in [0.2, 0.25) is 0 Å². The number of nitrogens with zero attached hydrogens (tertiary/aromatic N) is 1. The fourth-order valence-electron chi connectivity index (χ4n) is 0.866. The molecule has 0 aromatic rings. The van der Waals surface area contributed by atoms with Crippen molar-refractivity contribution < 1.29 is 4.79 Å². The second-order valence-electron chi connectivity index (χ2n) is 2.89. The Labute approximate surface area is 68.9 Å². The fraction of sp³-hybridized carbons (Fsp3) is 0.667. The molecule has 64 valence electrons. The average Bonchev–Trinajstić information content (AvgIpc) is 1.97. The topological polar surface area (TPSA) is 20.3 Å². The van der Waals surface area contributed by atoms with Gasteiger partial charge in [0.1, 0.15) is 6.29 Å². The minimum absolute atomic E-state index is 0.886. The van der Waals surface area contributed by atoms with Crippen LogP contribution >= 0.6 is 0 Å². The van der Waals surface area contributed by atoms with Crippen molar-refractivity contribution in [2.24, 2.45) is 0 Å². The highest BCUT2D eigenvalue weighted by Gasteiger charge is 1.94. The predicted molar refractivity (Wildman–Crippen MR) is 47.4 cm³/mol. The minimum atomic E-state index is 0.886. The van der Waals surface area contributed by atoms with Crippen LogP contribution in [0.2, 0.25) is 0 Å². The highest BCUT2D eigenvalue weighted by atomic mass is 16.1. The van der Waals surface area contributed by atoms with Gasteiger partial charge < -0.3 is 4.90 Å². The van der Waals surface area contributed by atoms with E-state index in [1.165, 1.54) is 0 Å². The summed E-state index contributed by atoms with van der Waals surface area (Å²) in [6.07, 6.45) is 5.95. The third-order valence-corrected chi connectivity index (χ3v) is 1.39. The summed E-state index contributed by atoms with van der Waals surface area (Å²) in [5.41, 5.74) is 0.886. The van der Waals surface area contributed by atoms with Gasteiger partial charge in [-0.1, -0.05) is 13.3 Å². The van der Waals surface area contributed by atoms with Crippen molar-refractivity contribution in [3.05, 3.63) is 11.8 Å². The Morgan fingerprint density at radius 3 is 2.45 bits per heavy atom. The van der Waals surface area contributed by atoms with Crippen LogP contribution in [0.15, 0.2) is 11.8 Å². The van der Waals surface area contributed by atoms with Gasteiger partial charge in [-0.3, -0.25) is 4.79 Å². The SMILES string of the molecule is CCCC/C(C=O)=C\N(C)C. The number of carbonyl (C=O) groups excluding carboxylic acids is 1. The third kappa shape index (κ3) is 5.64. The molecule has 0 bridgehead atoms. The lowest BCUT2D eigenvalue weighted by Gasteiger charge is -2.06. The van der Waals surface area contributed by atoms with Gasteiger partial charge in [-0.15, -0.1) is 0 Å². The van der Waals surface area contributed by atoms with Gasteiger partial charge in [0.05, 0.1) is 0 Å². The van der Waals surface area contributed by atoms with Crippen LogP contribution in [0.1, 0.15) is 26.2 Å². The Kier molecular flexibility index (Phi) is 5.53. The molecule has 0 unspecified atom stereocenters. The molecule has 0 spiro atoms. The van der Waals surface area contributed by atoms with E-state index >= 15 is 0 Å². The molecule has 2 nitrogen and oxygen atoms in total. The zero-order valence-corrected chi connectivity index (χ0v) is 7.63. The lowest BCUT2D eigenvalue weighted by molar-refractivity contribution is -0.105.